The third-order valence-corrected chi connectivity index (χ3v) is 4.89. The number of amides is 1. The Morgan fingerprint density at radius 3 is 2.85 bits per heavy atom. The van der Waals surface area contributed by atoms with Gasteiger partial charge in [-0.05, 0) is 57.0 Å². The maximum absolute atomic E-state index is 12.0. The van der Waals surface area contributed by atoms with Crippen LogP contribution in [0.5, 0.6) is 0 Å². The molecule has 0 aliphatic carbocycles. The normalized spacial score (nSPS) is 28.5. The van der Waals surface area contributed by atoms with E-state index in [9.17, 15) is 4.79 Å². The summed E-state index contributed by atoms with van der Waals surface area (Å²) in [7, 11) is 2.15. The van der Waals surface area contributed by atoms with Crippen LogP contribution in [0.15, 0.2) is 18.2 Å². The van der Waals surface area contributed by atoms with Gasteiger partial charge in [0, 0.05) is 18.3 Å². The number of hydrogen-bond donors (Lipinski definition) is 2. The van der Waals surface area contributed by atoms with Gasteiger partial charge in [0.15, 0.2) is 0 Å². The summed E-state index contributed by atoms with van der Waals surface area (Å²) in [5.74, 6) is 0.662. The predicted molar refractivity (Wildman–Crippen MR) is 80.6 cm³/mol. The van der Waals surface area contributed by atoms with E-state index < -0.39 is 5.41 Å². The molecule has 4 nitrogen and oxygen atoms in total. The fourth-order valence-corrected chi connectivity index (χ4v) is 3.46. The molecule has 2 atom stereocenters. The molecule has 1 fully saturated rings. The van der Waals surface area contributed by atoms with E-state index in [0.717, 1.165) is 30.8 Å². The SMILES string of the molecule is CN1CC(CN)CC1c1ccc2c(c1)C(C)(C)C(=O)N2. The van der Waals surface area contributed by atoms with Crippen molar-refractivity contribution < 1.29 is 4.79 Å². The molecule has 1 saturated heterocycles. The molecule has 2 aliphatic heterocycles. The van der Waals surface area contributed by atoms with Crippen LogP contribution in [0.3, 0.4) is 0 Å². The van der Waals surface area contributed by atoms with Gasteiger partial charge in [0.2, 0.25) is 5.91 Å². The highest BCUT2D eigenvalue weighted by atomic mass is 16.2. The molecule has 4 heteroatoms. The minimum absolute atomic E-state index is 0.0873. The highest BCUT2D eigenvalue weighted by molar-refractivity contribution is 6.05. The van der Waals surface area contributed by atoms with E-state index in [-0.39, 0.29) is 5.91 Å². The summed E-state index contributed by atoms with van der Waals surface area (Å²) in [5, 5.41) is 2.96. The Kier molecular flexibility index (Phi) is 3.10. The van der Waals surface area contributed by atoms with Crippen LogP contribution in [0.25, 0.3) is 0 Å². The van der Waals surface area contributed by atoms with Crippen molar-refractivity contribution in [3.05, 3.63) is 29.3 Å². The van der Waals surface area contributed by atoms with Crippen molar-refractivity contribution in [2.75, 3.05) is 25.5 Å². The zero-order valence-electron chi connectivity index (χ0n) is 12.4. The maximum atomic E-state index is 12.0. The lowest BCUT2D eigenvalue weighted by atomic mass is 9.84. The van der Waals surface area contributed by atoms with Crippen LogP contribution in [0.4, 0.5) is 5.69 Å². The van der Waals surface area contributed by atoms with Crippen molar-refractivity contribution in [1.29, 1.82) is 0 Å². The number of hydrogen-bond acceptors (Lipinski definition) is 3. The first-order valence-electron chi connectivity index (χ1n) is 7.29. The number of likely N-dealkylation sites (tertiary alicyclic amines) is 1. The van der Waals surface area contributed by atoms with E-state index >= 15 is 0 Å². The van der Waals surface area contributed by atoms with Gasteiger partial charge in [-0.25, -0.2) is 0 Å². The Morgan fingerprint density at radius 1 is 1.45 bits per heavy atom. The number of nitrogens with one attached hydrogen (secondary N) is 1. The Bertz CT molecular complexity index is 553. The maximum Gasteiger partial charge on any atom is 0.234 e. The number of carbonyl (C=O) groups is 1. The molecule has 0 bridgehead atoms. The van der Waals surface area contributed by atoms with Crippen LogP contribution in [-0.4, -0.2) is 30.9 Å². The third kappa shape index (κ3) is 1.95. The Labute approximate surface area is 120 Å². The second-order valence-corrected chi connectivity index (χ2v) is 6.68. The van der Waals surface area contributed by atoms with Gasteiger partial charge in [0.25, 0.3) is 0 Å². The van der Waals surface area contributed by atoms with Crippen molar-refractivity contribution in [3.63, 3.8) is 0 Å². The fraction of sp³-hybridized carbons (Fsp3) is 0.562. The number of carbonyl (C=O) groups excluding carboxylic acids is 1. The number of anilines is 1. The van der Waals surface area contributed by atoms with Gasteiger partial charge in [0.1, 0.15) is 0 Å². The van der Waals surface area contributed by atoms with E-state index in [1.54, 1.807) is 0 Å². The first-order valence-corrected chi connectivity index (χ1v) is 7.29. The lowest BCUT2D eigenvalue weighted by Crippen LogP contribution is -2.27. The summed E-state index contributed by atoms with van der Waals surface area (Å²) in [6, 6.07) is 6.80. The number of benzene rings is 1. The van der Waals surface area contributed by atoms with Crippen molar-refractivity contribution in [3.8, 4) is 0 Å². The first-order chi connectivity index (χ1) is 9.43. The second-order valence-electron chi connectivity index (χ2n) is 6.68. The summed E-state index contributed by atoms with van der Waals surface area (Å²) >= 11 is 0. The molecule has 108 valence electrons. The molecule has 0 radical (unpaired) electrons. The van der Waals surface area contributed by atoms with Gasteiger partial charge in [-0.3, -0.25) is 9.69 Å². The first kappa shape index (κ1) is 13.6. The monoisotopic (exact) mass is 273 g/mol. The molecule has 2 heterocycles. The predicted octanol–water partition coefficient (Wildman–Crippen LogP) is 1.87. The van der Waals surface area contributed by atoms with Crippen LogP contribution in [0.1, 0.15) is 37.4 Å². The van der Waals surface area contributed by atoms with Gasteiger partial charge in [-0.2, -0.15) is 0 Å². The highest BCUT2D eigenvalue weighted by Gasteiger charge is 2.39. The minimum atomic E-state index is -0.435. The lowest BCUT2D eigenvalue weighted by Gasteiger charge is -2.22. The number of fused-ring (bicyclic) bond motifs is 1. The van der Waals surface area contributed by atoms with Crippen LogP contribution in [-0.2, 0) is 10.2 Å². The topological polar surface area (TPSA) is 58.4 Å². The Balaban J connectivity index is 1.95. The molecular formula is C16H23N3O. The van der Waals surface area contributed by atoms with Gasteiger partial charge in [-0.15, -0.1) is 0 Å². The van der Waals surface area contributed by atoms with Gasteiger partial charge in [0.05, 0.1) is 5.41 Å². The summed E-state index contributed by atoms with van der Waals surface area (Å²) in [4.78, 5) is 14.4. The van der Waals surface area contributed by atoms with E-state index in [1.807, 2.05) is 19.9 Å². The summed E-state index contributed by atoms with van der Waals surface area (Å²) in [6.45, 7) is 5.77. The molecule has 2 unspecified atom stereocenters. The van der Waals surface area contributed by atoms with Crippen molar-refractivity contribution in [1.82, 2.24) is 4.90 Å². The molecule has 0 spiro atoms. The zero-order chi connectivity index (χ0) is 14.5. The second kappa shape index (κ2) is 4.57. The van der Waals surface area contributed by atoms with Crippen molar-refractivity contribution in [2.24, 2.45) is 11.7 Å². The van der Waals surface area contributed by atoms with Crippen molar-refractivity contribution >= 4 is 11.6 Å². The van der Waals surface area contributed by atoms with Gasteiger partial charge >= 0.3 is 0 Å². The van der Waals surface area contributed by atoms with Crippen molar-refractivity contribution in [2.45, 2.75) is 31.7 Å². The minimum Gasteiger partial charge on any atom is -0.330 e. The van der Waals surface area contributed by atoms with Gasteiger partial charge in [-0.1, -0.05) is 12.1 Å². The molecular weight excluding hydrogens is 250 g/mol. The third-order valence-electron chi connectivity index (χ3n) is 4.89. The number of rotatable bonds is 2. The summed E-state index contributed by atoms with van der Waals surface area (Å²) < 4.78 is 0. The van der Waals surface area contributed by atoms with Crippen LogP contribution >= 0.6 is 0 Å². The lowest BCUT2D eigenvalue weighted by molar-refractivity contribution is -0.119. The number of nitrogens with zero attached hydrogens (tertiary/aromatic N) is 1. The zero-order valence-corrected chi connectivity index (χ0v) is 12.4. The summed E-state index contributed by atoms with van der Waals surface area (Å²) in [6.07, 6.45) is 1.10. The van der Waals surface area contributed by atoms with E-state index in [1.165, 1.54) is 5.56 Å². The number of nitrogens with two attached hydrogens (primary N) is 1. The molecule has 0 aromatic heterocycles. The average Bonchev–Trinajstić information content (AvgIpc) is 2.89. The standard InChI is InChI=1S/C16H23N3O/c1-16(2)12-7-11(4-5-13(12)18-15(16)20)14-6-10(8-17)9-19(14)3/h4-5,7,10,14H,6,8-9,17H2,1-3H3,(H,18,20). The molecule has 1 amide bonds. The van der Waals surface area contributed by atoms with E-state index in [4.69, 9.17) is 5.73 Å². The largest absolute Gasteiger partial charge is 0.330 e. The quantitative estimate of drug-likeness (QED) is 0.865. The van der Waals surface area contributed by atoms with Crippen LogP contribution in [0.2, 0.25) is 0 Å². The summed E-state index contributed by atoms with van der Waals surface area (Å²) in [5.41, 5.74) is 8.74. The molecule has 1 aromatic rings. The molecule has 20 heavy (non-hydrogen) atoms. The van der Waals surface area contributed by atoms with Crippen LogP contribution in [0, 0.1) is 5.92 Å². The van der Waals surface area contributed by atoms with Gasteiger partial charge < -0.3 is 11.1 Å². The fourth-order valence-electron chi connectivity index (χ4n) is 3.46. The van der Waals surface area contributed by atoms with E-state index in [2.05, 4.69) is 29.4 Å². The average molecular weight is 273 g/mol. The molecule has 0 saturated carbocycles. The van der Waals surface area contributed by atoms with Crippen LogP contribution < -0.4 is 11.1 Å². The Hall–Kier alpha value is -1.39. The molecule has 1 aromatic carbocycles. The molecule has 3 N–H and O–H groups in total. The Morgan fingerprint density at radius 2 is 2.20 bits per heavy atom. The molecule has 2 aliphatic rings. The smallest absolute Gasteiger partial charge is 0.234 e. The highest BCUT2D eigenvalue weighted by Crippen LogP contribution is 2.41. The van der Waals surface area contributed by atoms with E-state index in [0.29, 0.717) is 12.0 Å². The molecule has 3 rings (SSSR count).